The zero-order chi connectivity index (χ0) is 31.3. The fourth-order valence-corrected chi connectivity index (χ4v) is 6.56. The van der Waals surface area contributed by atoms with E-state index in [0.717, 1.165) is 11.3 Å². The second-order valence-electron chi connectivity index (χ2n) is 10.5. The molecule has 1 aromatic rings. The number of nitrogens with two attached hydrogens (primary N) is 1. The largest absolute Gasteiger partial charge is 0.504 e. The van der Waals surface area contributed by atoms with Crippen molar-refractivity contribution in [3.63, 3.8) is 0 Å². The Kier molecular flexibility index (Phi) is 7.51. The molecule has 0 bridgehead atoms. The Labute approximate surface area is 250 Å². The van der Waals surface area contributed by atoms with Crippen LogP contribution in [0, 0.1) is 5.41 Å². The maximum Gasteiger partial charge on any atom is 0.350 e. The van der Waals surface area contributed by atoms with E-state index in [0.29, 0.717) is 11.1 Å². The van der Waals surface area contributed by atoms with Gasteiger partial charge in [-0.05, 0) is 26.0 Å². The van der Waals surface area contributed by atoms with Crippen LogP contribution in [-0.2, 0) is 30.6 Å². The highest BCUT2D eigenvalue weighted by Gasteiger charge is 2.58. The summed E-state index contributed by atoms with van der Waals surface area (Å²) in [5.74, 6) is -4.24. The van der Waals surface area contributed by atoms with Crippen molar-refractivity contribution in [2.75, 3.05) is 18.0 Å². The molecule has 3 aliphatic heterocycles. The van der Waals surface area contributed by atoms with Crippen LogP contribution in [0.1, 0.15) is 19.5 Å². The Hall–Kier alpha value is -4.71. The lowest BCUT2D eigenvalue weighted by atomic mass is 9.87. The number of rotatable bonds is 9. The number of aliphatic carboxylic acids is 2. The summed E-state index contributed by atoms with van der Waals surface area (Å²) in [6.45, 7) is 2.20. The van der Waals surface area contributed by atoms with E-state index < -0.39 is 57.4 Å². The number of hydrogen-bond acceptors (Lipinski definition) is 13. The number of carbonyl (C=O) groups is 4. The van der Waals surface area contributed by atoms with Crippen molar-refractivity contribution in [3.05, 3.63) is 45.8 Å². The Morgan fingerprint density at radius 1 is 1.26 bits per heavy atom. The first-order valence-corrected chi connectivity index (χ1v) is 14.5. The fraction of sp³-hybridized carbons (Fsp3) is 0.360. The molecule has 2 fully saturated rings. The quantitative estimate of drug-likeness (QED) is 0.117. The molecular formula is C25H25N7O9S2. The summed E-state index contributed by atoms with van der Waals surface area (Å²) < 4.78 is 1.38. The topological polar surface area (TPSA) is 240 Å². The first-order valence-electron chi connectivity index (χ1n) is 12.6. The highest BCUT2D eigenvalue weighted by molar-refractivity contribution is 8.00. The first kappa shape index (κ1) is 29.8. The number of oxime groups is 1. The number of phenols is 1. The van der Waals surface area contributed by atoms with E-state index in [1.54, 1.807) is 0 Å². The molecule has 4 aliphatic rings. The number of nitrogens with one attached hydrogen (secondary N) is 1. The lowest BCUT2D eigenvalue weighted by molar-refractivity contribution is -0.161. The summed E-state index contributed by atoms with van der Waals surface area (Å²) in [7, 11) is 0. The predicted octanol–water partition coefficient (Wildman–Crippen LogP) is -0.153. The Balaban J connectivity index is 1.32. The van der Waals surface area contributed by atoms with Crippen molar-refractivity contribution < 1.29 is 39.3 Å². The fourth-order valence-electron chi connectivity index (χ4n) is 4.48. The van der Waals surface area contributed by atoms with Gasteiger partial charge in [-0.25, -0.2) is 9.78 Å². The molecule has 6 N–H and O–H groups in total. The average Bonchev–Trinajstić information content (AvgIpc) is 3.38. The van der Waals surface area contributed by atoms with E-state index in [9.17, 15) is 39.3 Å². The van der Waals surface area contributed by atoms with Gasteiger partial charge in [-0.1, -0.05) is 5.16 Å². The third kappa shape index (κ3) is 5.57. The van der Waals surface area contributed by atoms with Crippen molar-refractivity contribution in [2.45, 2.75) is 37.4 Å². The third-order valence-electron chi connectivity index (χ3n) is 7.01. The van der Waals surface area contributed by atoms with E-state index in [2.05, 4.69) is 20.6 Å². The molecule has 0 aromatic carbocycles. The lowest BCUT2D eigenvalue weighted by Gasteiger charge is -2.53. The van der Waals surface area contributed by atoms with Crippen LogP contribution in [0.3, 0.4) is 0 Å². The number of carbonyl (C=O) groups excluding carboxylic acids is 2. The number of aromatic hydroxyl groups is 1. The third-order valence-corrected chi connectivity index (χ3v) is 9.27. The average molecular weight is 632 g/mol. The van der Waals surface area contributed by atoms with Crippen LogP contribution in [-0.4, -0.2) is 93.8 Å². The standard InChI is InChI=1S/C25H25N7O9S2/c1-24(2,21(37)38)41-30-16(13-7-42-23(26)28-13)18(35)29-17-19(36)32-9-25(22(39)40,10-43-20(17)32)8-31-6-12-4-15(34)14(33)3-11(12)5-27-31/h3-7,17,20,34H,8-10H2,1-2H3,(H2,26,28)(H,29,35)(H,37,38)(H,39,40)/t17?,20-,25?/m1/s1. The molecule has 4 heterocycles. The van der Waals surface area contributed by atoms with Crippen molar-refractivity contribution in [1.82, 2.24) is 25.0 Å². The molecular weight excluding hydrogens is 606 g/mol. The van der Waals surface area contributed by atoms with Crippen LogP contribution in [0.15, 0.2) is 39.9 Å². The smallest absolute Gasteiger partial charge is 0.350 e. The molecule has 2 saturated heterocycles. The number of nitrogen functional groups attached to an aromatic ring is 1. The summed E-state index contributed by atoms with van der Waals surface area (Å²) in [5.41, 5.74) is 2.50. The number of thioether (sulfide) groups is 1. The number of phenolic OH excluding ortho intramolecular Hbond substituents is 1. The molecule has 1 aromatic heterocycles. The van der Waals surface area contributed by atoms with Crippen LogP contribution in [0.2, 0.25) is 0 Å². The maximum absolute atomic E-state index is 13.2. The SMILES string of the molecule is CC(C)(ON=C(C(=O)NC1C(=O)N2CC(Cn3cc4cc(O)c(=O)cc-4cn3)(C(=O)O)CS[C@H]12)c1csc(N)n1)C(=O)O. The van der Waals surface area contributed by atoms with Crippen LogP contribution in [0.25, 0.3) is 11.1 Å². The molecule has 2 unspecified atom stereocenters. The number of fused-ring (bicyclic) bond motifs is 2. The van der Waals surface area contributed by atoms with Gasteiger partial charge in [0, 0.05) is 35.0 Å². The van der Waals surface area contributed by atoms with E-state index in [1.165, 1.54) is 65.1 Å². The lowest BCUT2D eigenvalue weighted by Crippen LogP contribution is -2.74. The van der Waals surface area contributed by atoms with Gasteiger partial charge in [0.05, 0.1) is 12.7 Å². The molecule has 43 heavy (non-hydrogen) atoms. The Morgan fingerprint density at radius 3 is 2.65 bits per heavy atom. The number of anilines is 1. The summed E-state index contributed by atoms with van der Waals surface area (Å²) in [4.78, 5) is 72.5. The monoisotopic (exact) mass is 631 g/mol. The zero-order valence-electron chi connectivity index (χ0n) is 22.6. The van der Waals surface area contributed by atoms with Gasteiger partial charge in [-0.2, -0.15) is 5.10 Å². The molecule has 1 aliphatic carbocycles. The minimum Gasteiger partial charge on any atom is -0.504 e. The van der Waals surface area contributed by atoms with Crippen LogP contribution < -0.4 is 16.5 Å². The van der Waals surface area contributed by atoms with Gasteiger partial charge >= 0.3 is 11.9 Å². The van der Waals surface area contributed by atoms with Gasteiger partial charge in [0.1, 0.15) is 22.5 Å². The minimum atomic E-state index is -1.77. The number of hydrogen-bond donors (Lipinski definition) is 5. The Morgan fingerprint density at radius 2 is 2.00 bits per heavy atom. The first-order chi connectivity index (χ1) is 20.2. The molecule has 2 amide bonds. The van der Waals surface area contributed by atoms with Crippen molar-refractivity contribution in [3.8, 4) is 16.9 Å². The van der Waals surface area contributed by atoms with Crippen molar-refractivity contribution in [1.29, 1.82) is 0 Å². The summed E-state index contributed by atoms with van der Waals surface area (Å²) in [6.07, 6.45) is 2.90. The maximum atomic E-state index is 13.2. The van der Waals surface area contributed by atoms with Gasteiger partial charge in [0.15, 0.2) is 16.6 Å². The number of carboxylic acids is 2. The van der Waals surface area contributed by atoms with Gasteiger partial charge in [0.25, 0.3) is 5.91 Å². The van der Waals surface area contributed by atoms with E-state index >= 15 is 0 Å². The highest BCUT2D eigenvalue weighted by atomic mass is 32.2. The number of carboxylic acid groups (broad SMARTS) is 2. The molecule has 226 valence electrons. The summed E-state index contributed by atoms with van der Waals surface area (Å²) in [6, 6.07) is 1.47. The second kappa shape index (κ2) is 10.8. The second-order valence-corrected chi connectivity index (χ2v) is 12.5. The number of thiazole rings is 1. The number of β-lactam (4-membered cyclic amide) rings is 1. The van der Waals surface area contributed by atoms with Crippen LogP contribution >= 0.6 is 23.1 Å². The number of amides is 2. The van der Waals surface area contributed by atoms with Crippen molar-refractivity contribution in [2.24, 2.45) is 10.6 Å². The minimum absolute atomic E-state index is 0.0192. The number of nitrogens with zero attached hydrogens (tertiary/aromatic N) is 5. The normalized spacial score (nSPS) is 22.0. The Bertz CT molecular complexity index is 1700. The number of aromatic nitrogens is 3. The molecule has 0 saturated carbocycles. The van der Waals surface area contributed by atoms with E-state index in [-0.39, 0.29) is 35.4 Å². The molecule has 5 rings (SSSR count). The molecule has 16 nitrogen and oxygen atoms in total. The molecule has 0 spiro atoms. The van der Waals surface area contributed by atoms with E-state index in [1.807, 2.05) is 0 Å². The summed E-state index contributed by atoms with van der Waals surface area (Å²) in [5, 5.41) is 40.8. The summed E-state index contributed by atoms with van der Waals surface area (Å²) >= 11 is 2.18. The predicted molar refractivity (Wildman–Crippen MR) is 153 cm³/mol. The molecule has 3 atom stereocenters. The molecule has 18 heteroatoms. The molecule has 0 radical (unpaired) electrons. The van der Waals surface area contributed by atoms with Crippen LogP contribution in [0.4, 0.5) is 5.13 Å². The highest BCUT2D eigenvalue weighted by Crippen LogP contribution is 2.43. The van der Waals surface area contributed by atoms with Crippen molar-refractivity contribution >= 4 is 57.7 Å². The number of benzene rings is 1. The van der Waals surface area contributed by atoms with Crippen LogP contribution in [0.5, 0.6) is 5.75 Å². The van der Waals surface area contributed by atoms with Gasteiger partial charge in [-0.3, -0.25) is 23.9 Å². The van der Waals surface area contributed by atoms with E-state index in [4.69, 9.17) is 10.6 Å². The zero-order valence-corrected chi connectivity index (χ0v) is 24.2. The van der Waals surface area contributed by atoms with Gasteiger partial charge in [-0.15, -0.1) is 23.1 Å². The van der Waals surface area contributed by atoms with Gasteiger partial charge < -0.3 is 36.1 Å². The van der Waals surface area contributed by atoms with Gasteiger partial charge in [0.2, 0.25) is 16.9 Å².